The van der Waals surface area contributed by atoms with Gasteiger partial charge in [0.15, 0.2) is 5.70 Å². The van der Waals surface area contributed by atoms with Crippen molar-refractivity contribution in [2.24, 2.45) is 4.99 Å². The lowest BCUT2D eigenvalue weighted by atomic mass is 10.2. The summed E-state index contributed by atoms with van der Waals surface area (Å²) in [7, 11) is 0. The Kier molecular flexibility index (Phi) is 3.91. The van der Waals surface area contributed by atoms with Crippen LogP contribution in [0.15, 0.2) is 53.4 Å². The highest BCUT2D eigenvalue weighted by Gasteiger charge is 2.21. The molecule has 1 aliphatic heterocycles. The molecule has 1 aliphatic rings. The van der Waals surface area contributed by atoms with Crippen LogP contribution in [0.3, 0.4) is 0 Å². The minimum atomic E-state index is -0.490. The Balaban J connectivity index is 2.07. The maximum Gasteiger partial charge on any atom is 0.367 e. The van der Waals surface area contributed by atoms with Crippen molar-refractivity contribution in [1.29, 1.82) is 0 Å². The van der Waals surface area contributed by atoms with Crippen molar-refractivity contribution < 1.29 is 14.3 Å². The SMILES string of the molecule is CCO/C=C1N=C(/C=C/c2ccccc2)OC\1=O. The Morgan fingerprint density at radius 2 is 2.06 bits per heavy atom. The number of rotatable bonds is 4. The Hall–Kier alpha value is -2.36. The van der Waals surface area contributed by atoms with E-state index in [9.17, 15) is 4.79 Å². The molecule has 4 nitrogen and oxygen atoms in total. The molecule has 0 N–H and O–H groups in total. The van der Waals surface area contributed by atoms with Gasteiger partial charge in [0.1, 0.15) is 6.26 Å². The lowest BCUT2D eigenvalue weighted by Gasteiger charge is -1.93. The van der Waals surface area contributed by atoms with E-state index in [1.54, 1.807) is 6.08 Å². The second kappa shape index (κ2) is 5.82. The van der Waals surface area contributed by atoms with Crippen LogP contribution in [0.1, 0.15) is 12.5 Å². The number of ether oxygens (including phenoxy) is 2. The number of nitrogens with zero attached hydrogens (tertiary/aromatic N) is 1. The highest BCUT2D eigenvalue weighted by Crippen LogP contribution is 2.12. The van der Waals surface area contributed by atoms with Crippen molar-refractivity contribution in [3.05, 3.63) is 53.9 Å². The van der Waals surface area contributed by atoms with Gasteiger partial charge >= 0.3 is 5.97 Å². The molecular formula is C14H13NO3. The molecule has 1 aromatic rings. The second-order valence-electron chi connectivity index (χ2n) is 3.54. The molecule has 0 amide bonds. The lowest BCUT2D eigenvalue weighted by molar-refractivity contribution is -0.130. The van der Waals surface area contributed by atoms with Gasteiger partial charge in [-0.3, -0.25) is 0 Å². The molecule has 2 rings (SSSR count). The van der Waals surface area contributed by atoms with Crippen molar-refractivity contribution >= 4 is 17.9 Å². The monoisotopic (exact) mass is 243 g/mol. The minimum absolute atomic E-state index is 0.185. The van der Waals surface area contributed by atoms with E-state index in [2.05, 4.69) is 4.99 Å². The van der Waals surface area contributed by atoms with Crippen LogP contribution in [-0.4, -0.2) is 18.5 Å². The summed E-state index contributed by atoms with van der Waals surface area (Å²) in [6, 6.07) is 9.70. The Labute approximate surface area is 105 Å². The Bertz CT molecular complexity index is 515. The predicted octanol–water partition coefficient (Wildman–Crippen LogP) is 2.53. The first-order valence-electron chi connectivity index (χ1n) is 5.65. The van der Waals surface area contributed by atoms with E-state index in [0.717, 1.165) is 5.56 Å². The Morgan fingerprint density at radius 1 is 1.28 bits per heavy atom. The first-order chi connectivity index (χ1) is 8.79. The van der Waals surface area contributed by atoms with Gasteiger partial charge < -0.3 is 9.47 Å². The number of aliphatic imine (C=N–C) groups is 1. The van der Waals surface area contributed by atoms with Crippen molar-refractivity contribution in [3.8, 4) is 0 Å². The molecule has 18 heavy (non-hydrogen) atoms. The zero-order chi connectivity index (χ0) is 12.8. The summed E-state index contributed by atoms with van der Waals surface area (Å²) in [5.74, 6) is -0.217. The van der Waals surface area contributed by atoms with Crippen LogP contribution >= 0.6 is 0 Å². The van der Waals surface area contributed by atoms with Gasteiger partial charge in [0.25, 0.3) is 0 Å². The first kappa shape index (κ1) is 12.1. The molecule has 0 atom stereocenters. The molecule has 0 aromatic heterocycles. The standard InChI is InChI=1S/C14H13NO3/c1-2-17-10-12-14(16)18-13(15-12)9-8-11-6-4-3-5-7-11/h3-10H,2H2,1H3/b9-8+,12-10-. The number of carbonyl (C=O) groups is 1. The normalized spacial score (nSPS) is 17.1. The summed E-state index contributed by atoms with van der Waals surface area (Å²) in [5.41, 5.74) is 1.20. The zero-order valence-electron chi connectivity index (χ0n) is 10.00. The molecule has 0 fully saturated rings. The molecule has 0 radical (unpaired) electrons. The molecule has 0 spiro atoms. The molecular weight excluding hydrogens is 230 g/mol. The van der Waals surface area contributed by atoms with E-state index in [0.29, 0.717) is 6.61 Å². The van der Waals surface area contributed by atoms with Gasteiger partial charge in [-0.05, 0) is 18.6 Å². The molecule has 0 bridgehead atoms. The van der Waals surface area contributed by atoms with Gasteiger partial charge in [-0.1, -0.05) is 30.3 Å². The number of hydrogen-bond donors (Lipinski definition) is 0. The van der Waals surface area contributed by atoms with Crippen LogP contribution < -0.4 is 0 Å². The van der Waals surface area contributed by atoms with Crippen LogP contribution in [0, 0.1) is 0 Å². The minimum Gasteiger partial charge on any atom is -0.499 e. The van der Waals surface area contributed by atoms with Crippen molar-refractivity contribution in [3.63, 3.8) is 0 Å². The number of hydrogen-bond acceptors (Lipinski definition) is 4. The van der Waals surface area contributed by atoms with Crippen LogP contribution in [0.4, 0.5) is 0 Å². The van der Waals surface area contributed by atoms with Crippen LogP contribution in [0.5, 0.6) is 0 Å². The van der Waals surface area contributed by atoms with Crippen LogP contribution in [0.2, 0.25) is 0 Å². The van der Waals surface area contributed by atoms with Gasteiger partial charge in [-0.25, -0.2) is 9.79 Å². The number of carbonyl (C=O) groups excluding carboxylic acids is 1. The second-order valence-corrected chi connectivity index (χ2v) is 3.54. The van der Waals surface area contributed by atoms with Gasteiger partial charge in [0.05, 0.1) is 6.61 Å². The number of benzene rings is 1. The van der Waals surface area contributed by atoms with Gasteiger partial charge in [0, 0.05) is 6.08 Å². The van der Waals surface area contributed by atoms with Crippen molar-refractivity contribution in [2.45, 2.75) is 6.92 Å². The van der Waals surface area contributed by atoms with E-state index < -0.39 is 5.97 Å². The van der Waals surface area contributed by atoms with Crippen LogP contribution in [0.25, 0.3) is 6.08 Å². The molecule has 0 saturated carbocycles. The summed E-state index contributed by atoms with van der Waals surface area (Å²) < 4.78 is 9.97. The number of esters is 1. The molecule has 0 saturated heterocycles. The molecule has 0 aliphatic carbocycles. The van der Waals surface area contributed by atoms with E-state index in [-0.39, 0.29) is 11.6 Å². The molecule has 1 aromatic carbocycles. The fourth-order valence-corrected chi connectivity index (χ4v) is 1.37. The topological polar surface area (TPSA) is 47.9 Å². The van der Waals surface area contributed by atoms with E-state index >= 15 is 0 Å². The van der Waals surface area contributed by atoms with Gasteiger partial charge in [0.2, 0.25) is 5.90 Å². The average molecular weight is 243 g/mol. The third kappa shape index (κ3) is 3.07. The highest BCUT2D eigenvalue weighted by molar-refractivity contribution is 6.09. The lowest BCUT2D eigenvalue weighted by Crippen LogP contribution is -2.01. The predicted molar refractivity (Wildman–Crippen MR) is 68.7 cm³/mol. The fraction of sp³-hybridized carbons (Fsp3) is 0.143. The third-order valence-electron chi connectivity index (χ3n) is 2.22. The summed E-state index contributed by atoms with van der Waals surface area (Å²) >= 11 is 0. The molecule has 1 heterocycles. The molecule has 92 valence electrons. The fourth-order valence-electron chi connectivity index (χ4n) is 1.37. The smallest absolute Gasteiger partial charge is 0.367 e. The van der Waals surface area contributed by atoms with Gasteiger partial charge in [-0.2, -0.15) is 0 Å². The van der Waals surface area contributed by atoms with Crippen molar-refractivity contribution in [2.75, 3.05) is 6.61 Å². The first-order valence-corrected chi connectivity index (χ1v) is 5.65. The summed E-state index contributed by atoms with van der Waals surface area (Å²) in [6.07, 6.45) is 4.79. The maximum atomic E-state index is 11.4. The largest absolute Gasteiger partial charge is 0.499 e. The average Bonchev–Trinajstić information content (AvgIpc) is 2.76. The molecule has 0 unspecified atom stereocenters. The summed E-state index contributed by atoms with van der Waals surface area (Å²) in [5, 5.41) is 0. The van der Waals surface area contributed by atoms with E-state index in [1.807, 2.05) is 43.3 Å². The number of cyclic esters (lactones) is 1. The Morgan fingerprint density at radius 3 is 2.78 bits per heavy atom. The van der Waals surface area contributed by atoms with Crippen molar-refractivity contribution in [1.82, 2.24) is 0 Å². The van der Waals surface area contributed by atoms with Crippen LogP contribution in [-0.2, 0) is 14.3 Å². The quantitative estimate of drug-likeness (QED) is 0.464. The highest BCUT2D eigenvalue weighted by atomic mass is 16.6. The summed E-state index contributed by atoms with van der Waals surface area (Å²) in [6.45, 7) is 2.32. The molecule has 4 heteroatoms. The zero-order valence-corrected chi connectivity index (χ0v) is 10.00. The summed E-state index contributed by atoms with van der Waals surface area (Å²) in [4.78, 5) is 15.4. The van der Waals surface area contributed by atoms with Gasteiger partial charge in [-0.15, -0.1) is 0 Å². The maximum absolute atomic E-state index is 11.4. The van der Waals surface area contributed by atoms with E-state index in [1.165, 1.54) is 6.26 Å². The third-order valence-corrected chi connectivity index (χ3v) is 2.22. The van der Waals surface area contributed by atoms with E-state index in [4.69, 9.17) is 9.47 Å².